The maximum absolute atomic E-state index is 13.4. The van der Waals surface area contributed by atoms with E-state index >= 15 is 0 Å². The molecule has 4 aromatic rings. The van der Waals surface area contributed by atoms with Gasteiger partial charge in [-0.2, -0.15) is 0 Å². The number of nitrogens with zero attached hydrogens (tertiary/aromatic N) is 3. The number of halogens is 2. The van der Waals surface area contributed by atoms with E-state index in [2.05, 4.69) is 20.0 Å². The predicted octanol–water partition coefficient (Wildman–Crippen LogP) is 3.67. The van der Waals surface area contributed by atoms with Crippen LogP contribution in [0.3, 0.4) is 0 Å². The first-order valence-corrected chi connectivity index (χ1v) is 12.8. The van der Waals surface area contributed by atoms with E-state index in [1.54, 1.807) is 22.8 Å². The van der Waals surface area contributed by atoms with Gasteiger partial charge < -0.3 is 10.1 Å². The van der Waals surface area contributed by atoms with Crippen molar-refractivity contribution in [1.82, 2.24) is 19.9 Å². The van der Waals surface area contributed by atoms with Crippen LogP contribution in [-0.4, -0.2) is 43.7 Å². The molecule has 12 heteroatoms. The van der Waals surface area contributed by atoms with Crippen LogP contribution < -0.4 is 20.3 Å². The minimum Gasteiger partial charge on any atom is -0.480 e. The van der Waals surface area contributed by atoms with Crippen LogP contribution >= 0.6 is 11.6 Å². The first-order chi connectivity index (χ1) is 17.2. The summed E-state index contributed by atoms with van der Waals surface area (Å²) in [5, 5.41) is 3.21. The first kappa shape index (κ1) is 25.5. The Bertz CT molecular complexity index is 1590. The Kier molecular flexibility index (Phi) is 7.53. The molecule has 0 aliphatic rings. The summed E-state index contributed by atoms with van der Waals surface area (Å²) in [4.78, 5) is 21.3. The van der Waals surface area contributed by atoms with Gasteiger partial charge in [-0.3, -0.25) is 14.1 Å². The van der Waals surface area contributed by atoms with Crippen molar-refractivity contribution >= 4 is 38.2 Å². The molecule has 0 fully saturated rings. The number of fused-ring (bicyclic) bond motifs is 1. The highest BCUT2D eigenvalue weighted by atomic mass is 35.5. The van der Waals surface area contributed by atoms with E-state index in [4.69, 9.17) is 16.3 Å². The highest BCUT2D eigenvalue weighted by molar-refractivity contribution is 7.92. The molecule has 0 bridgehead atoms. The number of nitrogens with one attached hydrogen (secondary N) is 2. The van der Waals surface area contributed by atoms with Gasteiger partial charge in [0.15, 0.2) is 0 Å². The number of aromatic nitrogens is 3. The largest absolute Gasteiger partial charge is 0.480 e. The molecule has 2 aromatic carbocycles. The van der Waals surface area contributed by atoms with Gasteiger partial charge in [0.2, 0.25) is 5.88 Å². The molecule has 9 nitrogen and oxygen atoms in total. The van der Waals surface area contributed by atoms with Crippen molar-refractivity contribution in [3.63, 3.8) is 0 Å². The van der Waals surface area contributed by atoms with Gasteiger partial charge in [0.25, 0.3) is 15.6 Å². The fraction of sp³-hybridized carbons (Fsp3) is 0.208. The van der Waals surface area contributed by atoms with Gasteiger partial charge in [0.05, 0.1) is 29.4 Å². The molecule has 0 spiro atoms. The van der Waals surface area contributed by atoms with Crippen molar-refractivity contribution in [3.8, 4) is 17.0 Å². The van der Waals surface area contributed by atoms with Gasteiger partial charge >= 0.3 is 0 Å². The van der Waals surface area contributed by atoms with Gasteiger partial charge in [0, 0.05) is 18.3 Å². The standard InChI is InChI=1S/C24H23ClFN5O4S/c1-27-8-3-9-31-14-29-20-6-4-15(10-18(20)24(31)32)16-11-21(23(35-2)28-13-16)30-36(33,34)22-7-5-17(26)12-19(22)25/h4-7,10-14,27,30H,3,8-9H2,1-2H3. The number of sulfonamides is 1. The van der Waals surface area contributed by atoms with Gasteiger partial charge in [-0.15, -0.1) is 0 Å². The number of ether oxygens (including phenoxy) is 1. The van der Waals surface area contributed by atoms with E-state index in [0.29, 0.717) is 28.6 Å². The molecule has 4 rings (SSSR count). The number of rotatable bonds is 9. The van der Waals surface area contributed by atoms with Crippen LogP contribution in [0.25, 0.3) is 22.0 Å². The zero-order valence-corrected chi connectivity index (χ0v) is 21.0. The monoisotopic (exact) mass is 531 g/mol. The summed E-state index contributed by atoms with van der Waals surface area (Å²) < 4.78 is 48.5. The number of anilines is 1. The maximum atomic E-state index is 13.4. The lowest BCUT2D eigenvalue weighted by molar-refractivity contribution is 0.400. The molecule has 2 heterocycles. The molecule has 0 unspecified atom stereocenters. The summed E-state index contributed by atoms with van der Waals surface area (Å²) in [6.45, 7) is 1.29. The summed E-state index contributed by atoms with van der Waals surface area (Å²) in [6.07, 6.45) is 3.81. The Labute approximate surface area is 212 Å². The summed E-state index contributed by atoms with van der Waals surface area (Å²) in [5.74, 6) is -0.637. The van der Waals surface area contributed by atoms with Crippen LogP contribution in [0.5, 0.6) is 5.88 Å². The van der Waals surface area contributed by atoms with Crippen LogP contribution in [-0.2, 0) is 16.6 Å². The molecular weight excluding hydrogens is 509 g/mol. The Balaban J connectivity index is 1.73. The van der Waals surface area contributed by atoms with Crippen molar-refractivity contribution in [2.45, 2.75) is 17.9 Å². The molecule has 188 valence electrons. The van der Waals surface area contributed by atoms with E-state index in [0.717, 1.165) is 31.2 Å². The minimum atomic E-state index is -4.19. The zero-order chi connectivity index (χ0) is 25.9. The number of benzene rings is 2. The fourth-order valence-corrected chi connectivity index (χ4v) is 5.24. The predicted molar refractivity (Wildman–Crippen MR) is 137 cm³/mol. The molecule has 0 atom stereocenters. The number of aryl methyl sites for hydroxylation is 1. The highest BCUT2D eigenvalue weighted by Crippen LogP contribution is 2.32. The van der Waals surface area contributed by atoms with E-state index in [1.807, 2.05) is 7.05 Å². The normalized spacial score (nSPS) is 11.6. The summed E-state index contributed by atoms with van der Waals surface area (Å²) in [5.41, 5.74) is 1.58. The second kappa shape index (κ2) is 10.6. The van der Waals surface area contributed by atoms with Crippen molar-refractivity contribution in [3.05, 3.63) is 76.2 Å². The van der Waals surface area contributed by atoms with Crippen LogP contribution in [0.15, 0.2) is 64.7 Å². The molecule has 36 heavy (non-hydrogen) atoms. The molecule has 2 aromatic heterocycles. The van der Waals surface area contributed by atoms with Crippen LogP contribution in [0.1, 0.15) is 6.42 Å². The molecule has 0 saturated heterocycles. The second-order valence-electron chi connectivity index (χ2n) is 7.89. The van der Waals surface area contributed by atoms with Crippen LogP contribution in [0.4, 0.5) is 10.1 Å². The quantitative estimate of drug-likeness (QED) is 0.317. The number of hydrogen-bond acceptors (Lipinski definition) is 7. The Morgan fingerprint density at radius 2 is 1.92 bits per heavy atom. The van der Waals surface area contributed by atoms with Gasteiger partial charge in [-0.25, -0.2) is 22.8 Å². The molecular formula is C24H23ClFN5O4S. The lowest BCUT2D eigenvalue weighted by atomic mass is 10.1. The SMILES string of the molecule is CNCCCn1cnc2ccc(-c3cnc(OC)c(NS(=O)(=O)c4ccc(F)cc4Cl)c3)cc2c1=O. The van der Waals surface area contributed by atoms with Crippen molar-refractivity contribution in [1.29, 1.82) is 0 Å². The summed E-state index contributed by atoms with van der Waals surface area (Å²) in [7, 11) is -0.991. The molecule has 2 N–H and O–H groups in total. The van der Waals surface area contributed by atoms with Crippen LogP contribution in [0, 0.1) is 5.82 Å². The van der Waals surface area contributed by atoms with Gasteiger partial charge in [0.1, 0.15) is 16.4 Å². The number of hydrogen-bond donors (Lipinski definition) is 2. The van der Waals surface area contributed by atoms with Gasteiger partial charge in [-0.1, -0.05) is 17.7 Å². The third-order valence-corrected chi connectivity index (χ3v) is 7.30. The zero-order valence-electron chi connectivity index (χ0n) is 19.5. The van der Waals surface area contributed by atoms with Crippen molar-refractivity contribution in [2.75, 3.05) is 25.4 Å². The number of methoxy groups -OCH3 is 1. The third-order valence-electron chi connectivity index (χ3n) is 5.46. The Morgan fingerprint density at radius 3 is 2.64 bits per heavy atom. The van der Waals surface area contributed by atoms with Crippen molar-refractivity contribution < 1.29 is 17.5 Å². The van der Waals surface area contributed by atoms with E-state index < -0.39 is 15.8 Å². The maximum Gasteiger partial charge on any atom is 0.263 e. The average Bonchev–Trinajstić information content (AvgIpc) is 2.85. The van der Waals surface area contributed by atoms with Gasteiger partial charge in [-0.05, 0) is 62.0 Å². The Morgan fingerprint density at radius 1 is 1.11 bits per heavy atom. The van der Waals surface area contributed by atoms with Crippen molar-refractivity contribution in [2.24, 2.45) is 0 Å². The fourth-order valence-electron chi connectivity index (χ4n) is 3.66. The van der Waals surface area contributed by atoms with E-state index in [9.17, 15) is 17.6 Å². The smallest absolute Gasteiger partial charge is 0.263 e. The average molecular weight is 532 g/mol. The molecule has 0 radical (unpaired) electrons. The molecule has 0 aliphatic carbocycles. The van der Waals surface area contributed by atoms with Crippen LogP contribution in [0.2, 0.25) is 5.02 Å². The summed E-state index contributed by atoms with van der Waals surface area (Å²) >= 11 is 5.96. The molecule has 0 amide bonds. The van der Waals surface area contributed by atoms with E-state index in [-0.39, 0.29) is 27.0 Å². The highest BCUT2D eigenvalue weighted by Gasteiger charge is 2.21. The second-order valence-corrected chi connectivity index (χ2v) is 9.95. The molecule has 0 saturated carbocycles. The topological polar surface area (TPSA) is 115 Å². The summed E-state index contributed by atoms with van der Waals surface area (Å²) in [6, 6.07) is 9.69. The third kappa shape index (κ3) is 5.32. The Hall–Kier alpha value is -3.54. The first-order valence-electron chi connectivity index (χ1n) is 10.9. The number of pyridine rings is 1. The van der Waals surface area contributed by atoms with E-state index in [1.165, 1.54) is 25.7 Å². The minimum absolute atomic E-state index is 0.0231. The lowest BCUT2D eigenvalue weighted by Crippen LogP contribution is -2.22. The lowest BCUT2D eigenvalue weighted by Gasteiger charge is -2.14. The molecule has 0 aliphatic heterocycles.